The number of hydrogen-bond acceptors (Lipinski definition) is 1. The highest BCUT2D eigenvalue weighted by atomic mass is 15.1. The summed E-state index contributed by atoms with van der Waals surface area (Å²) in [6.07, 6.45) is 0. The lowest BCUT2D eigenvalue weighted by Gasteiger charge is -2.30. The molecule has 0 aliphatic rings. The van der Waals surface area contributed by atoms with Crippen molar-refractivity contribution in [3.63, 3.8) is 0 Å². The molecule has 0 saturated heterocycles. The zero-order chi connectivity index (χ0) is 50.6. The van der Waals surface area contributed by atoms with Crippen LogP contribution in [0.2, 0.25) is 0 Å². The van der Waals surface area contributed by atoms with Crippen molar-refractivity contribution in [3.05, 3.63) is 266 Å². The van der Waals surface area contributed by atoms with E-state index in [1.807, 2.05) is 0 Å². The molecule has 11 aromatic carbocycles. The fourth-order valence-corrected chi connectivity index (χ4v) is 11.0. The summed E-state index contributed by atoms with van der Waals surface area (Å²) in [4.78, 5) is 2.50. The van der Waals surface area contributed by atoms with E-state index in [2.05, 4.69) is 306 Å². The van der Waals surface area contributed by atoms with Gasteiger partial charge in [-0.2, -0.15) is 0 Å². The van der Waals surface area contributed by atoms with Crippen LogP contribution in [0, 0.1) is 0 Å². The largest absolute Gasteiger partial charge is 0.309 e. The zero-order valence-corrected chi connectivity index (χ0v) is 43.1. The van der Waals surface area contributed by atoms with Crippen LogP contribution in [0.3, 0.4) is 0 Å². The molecule has 0 radical (unpaired) electrons. The second-order valence-corrected chi connectivity index (χ2v) is 21.8. The third kappa shape index (κ3) is 8.57. The average molecular weight is 953 g/mol. The van der Waals surface area contributed by atoms with Crippen LogP contribution in [-0.4, -0.2) is 4.57 Å². The van der Waals surface area contributed by atoms with Crippen molar-refractivity contribution < 1.29 is 0 Å². The number of para-hydroxylation sites is 4. The summed E-state index contributed by atoms with van der Waals surface area (Å²) in [5.74, 6) is 0. The maximum Gasteiger partial charge on any atom is 0.0547 e. The topological polar surface area (TPSA) is 8.17 Å². The number of hydrogen-bond donors (Lipinski definition) is 0. The van der Waals surface area contributed by atoms with E-state index in [0.717, 1.165) is 50.6 Å². The molecule has 74 heavy (non-hydrogen) atoms. The first-order chi connectivity index (χ1) is 36.0. The molecule has 2 heteroatoms. The lowest BCUT2D eigenvalue weighted by molar-refractivity contribution is 0.569. The van der Waals surface area contributed by atoms with E-state index in [0.29, 0.717) is 0 Å². The van der Waals surface area contributed by atoms with Gasteiger partial charge in [0, 0.05) is 33.3 Å². The fraction of sp³-hybridized carbons (Fsp3) is 0.111. The fourth-order valence-electron chi connectivity index (χ4n) is 11.0. The predicted octanol–water partition coefficient (Wildman–Crippen LogP) is 20.3. The molecule has 0 unspecified atom stereocenters. The van der Waals surface area contributed by atoms with Crippen molar-refractivity contribution >= 4 is 49.6 Å². The second-order valence-electron chi connectivity index (χ2n) is 21.8. The number of nitrogens with zero attached hydrogens (tertiary/aromatic N) is 2. The first-order valence-corrected chi connectivity index (χ1v) is 26.0. The summed E-state index contributed by atoms with van der Waals surface area (Å²) in [5.41, 5.74) is 21.3. The summed E-state index contributed by atoms with van der Waals surface area (Å²) >= 11 is 0. The van der Waals surface area contributed by atoms with E-state index in [1.54, 1.807) is 0 Å². The number of rotatable bonds is 9. The smallest absolute Gasteiger partial charge is 0.0547 e. The third-order valence-electron chi connectivity index (χ3n) is 14.9. The van der Waals surface area contributed by atoms with Crippen molar-refractivity contribution in [1.82, 2.24) is 4.57 Å². The summed E-state index contributed by atoms with van der Waals surface area (Å²) in [7, 11) is 0. The lowest BCUT2D eigenvalue weighted by Crippen LogP contribution is -2.16. The summed E-state index contributed by atoms with van der Waals surface area (Å²) in [6.45, 7) is 13.9. The SMILES string of the molecule is CC(C)(C)c1cc(-c2cccc3cccc(-c4ccccc4N(c4cccc(-c5ccc6c7ccccc7n(-c7ccccc7)c6c5)c4)c4ccccc4-c4ccc(-c5ccccc5)cc4)c23)cc(C(C)(C)C)c1. The van der Waals surface area contributed by atoms with Crippen LogP contribution in [-0.2, 0) is 10.8 Å². The Morgan fingerprint density at radius 2 is 0.811 bits per heavy atom. The van der Waals surface area contributed by atoms with Crippen LogP contribution in [0.15, 0.2) is 255 Å². The molecule has 1 heterocycles. The van der Waals surface area contributed by atoms with Crippen LogP contribution in [0.25, 0.3) is 93.9 Å². The van der Waals surface area contributed by atoms with Crippen LogP contribution in [0.4, 0.5) is 17.1 Å². The number of aromatic nitrogens is 1. The zero-order valence-electron chi connectivity index (χ0n) is 43.1. The van der Waals surface area contributed by atoms with Gasteiger partial charge in [-0.15, -0.1) is 0 Å². The Morgan fingerprint density at radius 1 is 0.311 bits per heavy atom. The summed E-state index contributed by atoms with van der Waals surface area (Å²) in [5, 5.41) is 4.94. The Morgan fingerprint density at radius 3 is 1.51 bits per heavy atom. The maximum atomic E-state index is 2.50. The Balaban J connectivity index is 1.08. The van der Waals surface area contributed by atoms with Crippen molar-refractivity contribution in [3.8, 4) is 61.3 Å². The Bertz CT molecular complexity index is 3980. The molecule has 0 saturated carbocycles. The first-order valence-electron chi connectivity index (χ1n) is 26.0. The van der Waals surface area contributed by atoms with Crippen molar-refractivity contribution in [2.24, 2.45) is 0 Å². The van der Waals surface area contributed by atoms with Crippen LogP contribution in [0.5, 0.6) is 0 Å². The first kappa shape index (κ1) is 46.4. The minimum atomic E-state index is -0.0214. The molecule has 12 aromatic rings. The van der Waals surface area contributed by atoms with E-state index in [4.69, 9.17) is 0 Å². The molecule has 12 rings (SSSR count). The van der Waals surface area contributed by atoms with Gasteiger partial charge in [-0.3, -0.25) is 0 Å². The Kier molecular flexibility index (Phi) is 11.7. The van der Waals surface area contributed by atoms with Crippen LogP contribution >= 0.6 is 0 Å². The molecule has 0 bridgehead atoms. The third-order valence-corrected chi connectivity index (χ3v) is 14.9. The van der Waals surface area contributed by atoms with Gasteiger partial charge in [-0.05, 0) is 126 Å². The van der Waals surface area contributed by atoms with Gasteiger partial charge in [0.05, 0.1) is 22.4 Å². The lowest BCUT2D eigenvalue weighted by atomic mass is 9.78. The minimum Gasteiger partial charge on any atom is -0.309 e. The van der Waals surface area contributed by atoms with Crippen LogP contribution in [0.1, 0.15) is 52.7 Å². The maximum absolute atomic E-state index is 2.50. The molecular formula is C72H60N2. The van der Waals surface area contributed by atoms with E-state index in [1.165, 1.54) is 71.5 Å². The van der Waals surface area contributed by atoms with Crippen molar-refractivity contribution in [2.75, 3.05) is 4.90 Å². The quantitative estimate of drug-likeness (QED) is 0.140. The van der Waals surface area contributed by atoms with E-state index in [9.17, 15) is 0 Å². The minimum absolute atomic E-state index is 0.0214. The highest BCUT2D eigenvalue weighted by molar-refractivity contribution is 6.11. The van der Waals surface area contributed by atoms with E-state index in [-0.39, 0.29) is 10.8 Å². The number of anilines is 3. The number of benzene rings is 11. The van der Waals surface area contributed by atoms with Gasteiger partial charge in [-0.25, -0.2) is 0 Å². The van der Waals surface area contributed by atoms with Gasteiger partial charge in [0.25, 0.3) is 0 Å². The highest BCUT2D eigenvalue weighted by Crippen LogP contribution is 2.48. The van der Waals surface area contributed by atoms with Gasteiger partial charge < -0.3 is 9.47 Å². The van der Waals surface area contributed by atoms with E-state index >= 15 is 0 Å². The van der Waals surface area contributed by atoms with E-state index < -0.39 is 0 Å². The molecule has 0 fully saturated rings. The Hall–Kier alpha value is -8.72. The molecule has 0 aliphatic heterocycles. The molecule has 358 valence electrons. The average Bonchev–Trinajstić information content (AvgIpc) is 3.77. The molecule has 0 aliphatic carbocycles. The molecule has 2 nitrogen and oxygen atoms in total. The second kappa shape index (κ2) is 18.7. The molecule has 0 amide bonds. The predicted molar refractivity (Wildman–Crippen MR) is 318 cm³/mol. The molecule has 1 aromatic heterocycles. The normalized spacial score (nSPS) is 11.9. The summed E-state index contributed by atoms with van der Waals surface area (Å²) < 4.78 is 2.40. The number of fused-ring (bicyclic) bond motifs is 4. The van der Waals surface area contributed by atoms with Gasteiger partial charge in [0.2, 0.25) is 0 Å². The van der Waals surface area contributed by atoms with Gasteiger partial charge in [-0.1, -0.05) is 248 Å². The standard InChI is InChI=1S/C72H60N2/c1-71(2,3)56-44-55(45-57(48-56)72(4,5)6)61-33-20-24-52-25-21-34-65(70(52)61)63-32-15-18-37-68(63)74(66-35-16-13-30-60(66)51-40-38-50(39-41-51)49-22-9-7-10-23-49)59-29-19-26-53(46-59)54-42-43-64-62-31-14-17-36-67(62)73(69(64)47-54)58-27-11-8-12-28-58/h7-48H,1-6H3. The van der Waals surface area contributed by atoms with Crippen molar-refractivity contribution in [1.29, 1.82) is 0 Å². The monoisotopic (exact) mass is 952 g/mol. The molecule has 0 atom stereocenters. The molecule has 0 spiro atoms. The molecule has 0 N–H and O–H groups in total. The van der Waals surface area contributed by atoms with Crippen LogP contribution < -0.4 is 4.90 Å². The van der Waals surface area contributed by atoms with Crippen molar-refractivity contribution in [2.45, 2.75) is 52.4 Å². The van der Waals surface area contributed by atoms with Gasteiger partial charge in [0.1, 0.15) is 0 Å². The van der Waals surface area contributed by atoms with Gasteiger partial charge in [0.15, 0.2) is 0 Å². The highest BCUT2D eigenvalue weighted by Gasteiger charge is 2.25. The summed E-state index contributed by atoms with van der Waals surface area (Å²) in [6, 6.07) is 94.1. The Labute approximate surface area is 436 Å². The van der Waals surface area contributed by atoms with Gasteiger partial charge >= 0.3 is 0 Å². The molecular weight excluding hydrogens is 893 g/mol.